The van der Waals surface area contributed by atoms with Crippen LogP contribution in [0.5, 0.6) is 11.5 Å². The van der Waals surface area contributed by atoms with Crippen molar-refractivity contribution in [2.75, 3.05) is 27.3 Å². The Morgan fingerprint density at radius 1 is 1.11 bits per heavy atom. The van der Waals surface area contributed by atoms with Crippen molar-refractivity contribution in [3.8, 4) is 11.5 Å². The second-order valence-electron chi connectivity index (χ2n) is 7.25. The molecular weight excluding hydrogens is 352 g/mol. The van der Waals surface area contributed by atoms with E-state index < -0.39 is 0 Å². The van der Waals surface area contributed by atoms with Gasteiger partial charge in [0.05, 0.1) is 14.2 Å². The number of aryl methyl sites for hydroxylation is 1. The van der Waals surface area contributed by atoms with E-state index in [4.69, 9.17) is 9.47 Å². The average Bonchev–Trinajstić information content (AvgIpc) is 2.73. The summed E-state index contributed by atoms with van der Waals surface area (Å²) in [6.45, 7) is 5.22. The van der Waals surface area contributed by atoms with Gasteiger partial charge >= 0.3 is 0 Å². The molecule has 0 bridgehead atoms. The van der Waals surface area contributed by atoms with Gasteiger partial charge in [-0.1, -0.05) is 24.3 Å². The molecule has 0 fully saturated rings. The Kier molecular flexibility index (Phi) is 6.93. The number of ether oxygens (including phenoxy) is 2. The molecule has 28 heavy (non-hydrogen) atoms. The minimum atomic E-state index is 0.220. The van der Waals surface area contributed by atoms with Crippen LogP contribution in [0.15, 0.2) is 36.4 Å². The van der Waals surface area contributed by atoms with E-state index in [1.165, 1.54) is 16.7 Å². The minimum Gasteiger partial charge on any atom is -0.493 e. The van der Waals surface area contributed by atoms with Crippen molar-refractivity contribution in [3.63, 3.8) is 0 Å². The zero-order valence-electron chi connectivity index (χ0n) is 17.1. The second kappa shape index (κ2) is 9.60. The third kappa shape index (κ3) is 4.84. The fraction of sp³-hybridized carbons (Fsp3) is 0.435. The number of carbonyl (C=O) groups excluding carboxylic acids is 1. The number of rotatable bonds is 8. The van der Waals surface area contributed by atoms with Gasteiger partial charge in [0.15, 0.2) is 11.5 Å². The van der Waals surface area contributed by atoms with Gasteiger partial charge < -0.3 is 19.7 Å². The van der Waals surface area contributed by atoms with Crippen molar-refractivity contribution in [1.82, 2.24) is 10.2 Å². The first-order valence-corrected chi connectivity index (χ1v) is 9.89. The molecule has 0 saturated heterocycles. The van der Waals surface area contributed by atoms with Crippen LogP contribution in [0, 0.1) is 6.92 Å². The van der Waals surface area contributed by atoms with E-state index in [2.05, 4.69) is 36.5 Å². The number of fused-ring (bicyclic) bond motifs is 1. The van der Waals surface area contributed by atoms with Gasteiger partial charge in [-0.15, -0.1) is 0 Å². The quantitative estimate of drug-likeness (QED) is 0.711. The first-order valence-electron chi connectivity index (χ1n) is 9.89. The molecule has 0 atom stereocenters. The SMILES string of the molecule is COc1cc2c(cc1OC)CN(C(=O)CCCNCc1ccccc1C)CC2. The van der Waals surface area contributed by atoms with Gasteiger partial charge in [-0.25, -0.2) is 0 Å². The smallest absolute Gasteiger partial charge is 0.222 e. The Balaban J connectivity index is 1.46. The highest BCUT2D eigenvalue weighted by Gasteiger charge is 2.22. The highest BCUT2D eigenvalue weighted by molar-refractivity contribution is 5.76. The minimum absolute atomic E-state index is 0.220. The molecule has 1 aliphatic heterocycles. The molecule has 1 amide bonds. The predicted molar refractivity (Wildman–Crippen MR) is 111 cm³/mol. The fourth-order valence-electron chi connectivity index (χ4n) is 3.65. The van der Waals surface area contributed by atoms with E-state index >= 15 is 0 Å². The lowest BCUT2D eigenvalue weighted by Crippen LogP contribution is -2.36. The first-order chi connectivity index (χ1) is 13.6. The second-order valence-corrected chi connectivity index (χ2v) is 7.25. The Hall–Kier alpha value is -2.53. The van der Waals surface area contributed by atoms with E-state index in [1.54, 1.807) is 14.2 Å². The molecule has 2 aromatic carbocycles. The molecule has 1 N–H and O–H groups in total. The lowest BCUT2D eigenvalue weighted by molar-refractivity contribution is -0.132. The molecule has 5 heteroatoms. The summed E-state index contributed by atoms with van der Waals surface area (Å²) in [5.41, 5.74) is 4.99. The summed E-state index contributed by atoms with van der Waals surface area (Å²) in [7, 11) is 3.29. The van der Waals surface area contributed by atoms with E-state index in [1.807, 2.05) is 17.0 Å². The maximum atomic E-state index is 12.6. The third-order valence-corrected chi connectivity index (χ3v) is 5.39. The summed E-state index contributed by atoms with van der Waals surface area (Å²) in [5, 5.41) is 3.44. The highest BCUT2D eigenvalue weighted by Crippen LogP contribution is 2.33. The highest BCUT2D eigenvalue weighted by atomic mass is 16.5. The van der Waals surface area contributed by atoms with E-state index in [0.717, 1.165) is 49.5 Å². The van der Waals surface area contributed by atoms with Crippen molar-refractivity contribution in [2.24, 2.45) is 0 Å². The average molecular weight is 383 g/mol. The van der Waals surface area contributed by atoms with Crippen LogP contribution < -0.4 is 14.8 Å². The van der Waals surface area contributed by atoms with Crippen molar-refractivity contribution >= 4 is 5.91 Å². The van der Waals surface area contributed by atoms with Gasteiger partial charge in [0.25, 0.3) is 0 Å². The molecule has 0 aromatic heterocycles. The van der Waals surface area contributed by atoms with Gasteiger partial charge in [0.1, 0.15) is 0 Å². The molecule has 3 rings (SSSR count). The molecule has 150 valence electrons. The zero-order valence-corrected chi connectivity index (χ0v) is 17.1. The molecule has 0 aliphatic carbocycles. The van der Waals surface area contributed by atoms with Gasteiger partial charge in [-0.05, 0) is 60.7 Å². The maximum absolute atomic E-state index is 12.6. The normalized spacial score (nSPS) is 13.2. The van der Waals surface area contributed by atoms with E-state index in [9.17, 15) is 4.79 Å². The number of amides is 1. The molecular formula is C23H30N2O3. The number of carbonyl (C=O) groups is 1. The Morgan fingerprint density at radius 3 is 2.54 bits per heavy atom. The molecule has 1 heterocycles. The molecule has 5 nitrogen and oxygen atoms in total. The van der Waals surface area contributed by atoms with Crippen molar-refractivity contribution in [2.45, 2.75) is 39.3 Å². The topological polar surface area (TPSA) is 50.8 Å². The largest absolute Gasteiger partial charge is 0.493 e. The van der Waals surface area contributed by atoms with Gasteiger partial charge in [0.2, 0.25) is 5.91 Å². The molecule has 1 aliphatic rings. The van der Waals surface area contributed by atoms with Gasteiger partial charge in [0, 0.05) is 26.1 Å². The summed E-state index contributed by atoms with van der Waals surface area (Å²) in [6, 6.07) is 12.4. The van der Waals surface area contributed by atoms with Gasteiger partial charge in [-0.2, -0.15) is 0 Å². The van der Waals surface area contributed by atoms with E-state index in [-0.39, 0.29) is 5.91 Å². The van der Waals surface area contributed by atoms with Crippen LogP contribution in [-0.2, 0) is 24.3 Å². The van der Waals surface area contributed by atoms with Crippen LogP contribution in [0.3, 0.4) is 0 Å². The maximum Gasteiger partial charge on any atom is 0.222 e. The fourth-order valence-corrected chi connectivity index (χ4v) is 3.65. The standard InChI is InChI=1S/C23H30N2O3/c1-17-7-4-5-8-19(17)15-24-11-6-9-23(26)25-12-10-18-13-21(27-2)22(28-3)14-20(18)16-25/h4-5,7-8,13-14,24H,6,9-12,15-16H2,1-3H3. The zero-order chi connectivity index (χ0) is 19.9. The summed E-state index contributed by atoms with van der Waals surface area (Å²) in [5.74, 6) is 1.69. The number of hydrogen-bond donors (Lipinski definition) is 1. The van der Waals surface area contributed by atoms with E-state index in [0.29, 0.717) is 13.0 Å². The first kappa shape index (κ1) is 20.2. The monoisotopic (exact) mass is 382 g/mol. The van der Waals surface area contributed by atoms with Crippen molar-refractivity contribution in [1.29, 1.82) is 0 Å². The van der Waals surface area contributed by atoms with Crippen LogP contribution in [0.4, 0.5) is 0 Å². The van der Waals surface area contributed by atoms with Crippen molar-refractivity contribution < 1.29 is 14.3 Å². The molecule has 0 radical (unpaired) electrons. The number of hydrogen-bond acceptors (Lipinski definition) is 4. The lowest BCUT2D eigenvalue weighted by Gasteiger charge is -2.29. The summed E-state index contributed by atoms with van der Waals surface area (Å²) in [6.07, 6.45) is 2.27. The van der Waals surface area contributed by atoms with Crippen LogP contribution in [-0.4, -0.2) is 38.1 Å². The molecule has 2 aromatic rings. The van der Waals surface area contributed by atoms with Crippen LogP contribution >= 0.6 is 0 Å². The van der Waals surface area contributed by atoms with Gasteiger partial charge in [-0.3, -0.25) is 4.79 Å². The Labute approximate surface area is 167 Å². The number of methoxy groups -OCH3 is 2. The summed E-state index contributed by atoms with van der Waals surface area (Å²) < 4.78 is 10.8. The third-order valence-electron chi connectivity index (χ3n) is 5.39. The van der Waals surface area contributed by atoms with Crippen molar-refractivity contribution in [3.05, 3.63) is 58.7 Å². The molecule has 0 unspecified atom stereocenters. The summed E-state index contributed by atoms with van der Waals surface area (Å²) in [4.78, 5) is 14.6. The Bertz CT molecular complexity index is 819. The predicted octanol–water partition coefficient (Wildman–Crippen LogP) is 3.47. The van der Waals surface area contributed by atoms with Crippen LogP contribution in [0.1, 0.15) is 35.1 Å². The lowest BCUT2D eigenvalue weighted by atomic mass is 9.98. The summed E-state index contributed by atoms with van der Waals surface area (Å²) >= 11 is 0. The molecule has 0 spiro atoms. The number of nitrogens with one attached hydrogen (secondary N) is 1. The molecule has 0 saturated carbocycles. The van der Waals surface area contributed by atoms with Crippen LogP contribution in [0.2, 0.25) is 0 Å². The Morgan fingerprint density at radius 2 is 1.82 bits per heavy atom. The number of nitrogens with zero attached hydrogens (tertiary/aromatic N) is 1. The number of benzene rings is 2. The van der Waals surface area contributed by atoms with Crippen LogP contribution in [0.25, 0.3) is 0 Å².